The van der Waals surface area contributed by atoms with Crippen LogP contribution in [-0.2, 0) is 4.74 Å². The van der Waals surface area contributed by atoms with Gasteiger partial charge in [0.25, 0.3) is 5.91 Å². The van der Waals surface area contributed by atoms with E-state index in [1.165, 1.54) is 0 Å². The average Bonchev–Trinajstić information content (AvgIpc) is 2.59. The number of rotatable bonds is 8. The Hall–Kier alpha value is -1.66. The molecule has 1 aromatic rings. The predicted octanol–water partition coefficient (Wildman–Crippen LogP) is 1.96. The maximum atomic E-state index is 12.5. The molecule has 24 heavy (non-hydrogen) atoms. The SMILES string of the molecule is CCOc1ncccc1C(=O)NCC(CC(C)C)N1CCOCC1. The fourth-order valence-corrected chi connectivity index (χ4v) is 2.97. The summed E-state index contributed by atoms with van der Waals surface area (Å²) in [6, 6.07) is 3.83. The lowest BCUT2D eigenvalue weighted by Gasteiger charge is -2.35. The molecule has 1 amide bonds. The summed E-state index contributed by atoms with van der Waals surface area (Å²) in [7, 11) is 0. The van der Waals surface area contributed by atoms with Crippen molar-refractivity contribution in [2.45, 2.75) is 33.2 Å². The van der Waals surface area contributed by atoms with E-state index in [1.807, 2.05) is 6.92 Å². The molecule has 1 saturated heterocycles. The van der Waals surface area contributed by atoms with Gasteiger partial charge in [-0.3, -0.25) is 9.69 Å². The van der Waals surface area contributed by atoms with E-state index in [4.69, 9.17) is 9.47 Å². The zero-order valence-electron chi connectivity index (χ0n) is 15.0. The van der Waals surface area contributed by atoms with Crippen molar-refractivity contribution >= 4 is 5.91 Å². The van der Waals surface area contributed by atoms with Gasteiger partial charge in [0.2, 0.25) is 5.88 Å². The minimum atomic E-state index is -0.131. The summed E-state index contributed by atoms with van der Waals surface area (Å²) in [5.41, 5.74) is 0.490. The summed E-state index contributed by atoms with van der Waals surface area (Å²) >= 11 is 0. The van der Waals surface area contributed by atoms with Crippen molar-refractivity contribution in [1.29, 1.82) is 0 Å². The molecule has 0 aliphatic carbocycles. The number of nitrogens with zero attached hydrogens (tertiary/aromatic N) is 2. The third-order valence-corrected chi connectivity index (χ3v) is 4.10. The summed E-state index contributed by atoms with van der Waals surface area (Å²) in [4.78, 5) is 19.1. The van der Waals surface area contributed by atoms with Crippen LogP contribution in [0.2, 0.25) is 0 Å². The Morgan fingerprint density at radius 1 is 1.42 bits per heavy atom. The Balaban J connectivity index is 1.98. The highest BCUT2D eigenvalue weighted by atomic mass is 16.5. The molecule has 134 valence electrons. The smallest absolute Gasteiger partial charge is 0.256 e. The Labute approximate surface area is 144 Å². The number of carbonyl (C=O) groups is 1. The van der Waals surface area contributed by atoms with E-state index in [-0.39, 0.29) is 5.91 Å². The highest BCUT2D eigenvalue weighted by Gasteiger charge is 2.23. The number of aromatic nitrogens is 1. The van der Waals surface area contributed by atoms with Gasteiger partial charge in [0, 0.05) is 31.9 Å². The van der Waals surface area contributed by atoms with Crippen LogP contribution in [0.25, 0.3) is 0 Å². The molecule has 6 heteroatoms. The van der Waals surface area contributed by atoms with Crippen molar-refractivity contribution in [2.24, 2.45) is 5.92 Å². The molecule has 1 aliphatic rings. The first kappa shape index (κ1) is 18.7. The standard InChI is InChI=1S/C18H29N3O3/c1-4-24-18-16(6-5-7-19-18)17(22)20-13-15(12-14(2)3)21-8-10-23-11-9-21/h5-7,14-15H,4,8-13H2,1-3H3,(H,20,22). The zero-order chi connectivity index (χ0) is 17.4. The van der Waals surface area contributed by atoms with Crippen LogP contribution in [0.1, 0.15) is 37.6 Å². The maximum absolute atomic E-state index is 12.5. The van der Waals surface area contributed by atoms with Gasteiger partial charge >= 0.3 is 0 Å². The molecule has 2 rings (SSSR count). The van der Waals surface area contributed by atoms with Gasteiger partial charge in [0.1, 0.15) is 5.56 Å². The molecule has 1 atom stereocenters. The molecule has 6 nitrogen and oxygen atoms in total. The van der Waals surface area contributed by atoms with Gasteiger partial charge in [-0.2, -0.15) is 0 Å². The molecule has 0 spiro atoms. The Bertz CT molecular complexity index is 516. The van der Waals surface area contributed by atoms with Crippen molar-refractivity contribution in [3.63, 3.8) is 0 Å². The third-order valence-electron chi connectivity index (χ3n) is 4.10. The van der Waals surface area contributed by atoms with Crippen LogP contribution >= 0.6 is 0 Å². The van der Waals surface area contributed by atoms with E-state index in [9.17, 15) is 4.79 Å². The van der Waals surface area contributed by atoms with E-state index in [2.05, 4.69) is 29.0 Å². The van der Waals surface area contributed by atoms with Gasteiger partial charge in [-0.15, -0.1) is 0 Å². The van der Waals surface area contributed by atoms with E-state index in [0.29, 0.717) is 36.6 Å². The second-order valence-electron chi connectivity index (χ2n) is 6.43. The van der Waals surface area contributed by atoms with Crippen LogP contribution in [0.4, 0.5) is 0 Å². The molecule has 1 aromatic heterocycles. The van der Waals surface area contributed by atoms with E-state index < -0.39 is 0 Å². The number of pyridine rings is 1. The molecular weight excluding hydrogens is 306 g/mol. The first-order valence-corrected chi connectivity index (χ1v) is 8.79. The monoisotopic (exact) mass is 335 g/mol. The second-order valence-corrected chi connectivity index (χ2v) is 6.43. The molecule has 0 aromatic carbocycles. The van der Waals surface area contributed by atoms with E-state index >= 15 is 0 Å². The lowest BCUT2D eigenvalue weighted by atomic mass is 10.0. The number of nitrogens with one attached hydrogen (secondary N) is 1. The molecule has 2 heterocycles. The minimum Gasteiger partial charge on any atom is -0.477 e. The fraction of sp³-hybridized carbons (Fsp3) is 0.667. The summed E-state index contributed by atoms with van der Waals surface area (Å²) in [5.74, 6) is 0.838. The molecule has 0 bridgehead atoms. The van der Waals surface area contributed by atoms with Gasteiger partial charge in [0.15, 0.2) is 0 Å². The summed E-state index contributed by atoms with van der Waals surface area (Å²) in [6.45, 7) is 10.8. The van der Waals surface area contributed by atoms with Gasteiger partial charge in [-0.05, 0) is 31.4 Å². The van der Waals surface area contributed by atoms with Crippen molar-refractivity contribution in [1.82, 2.24) is 15.2 Å². The fourth-order valence-electron chi connectivity index (χ4n) is 2.97. The number of hydrogen-bond acceptors (Lipinski definition) is 5. The normalized spacial score (nSPS) is 16.8. The van der Waals surface area contributed by atoms with Gasteiger partial charge < -0.3 is 14.8 Å². The number of ether oxygens (including phenoxy) is 2. The number of amides is 1. The number of morpholine rings is 1. The maximum Gasteiger partial charge on any atom is 0.256 e. The molecule has 0 saturated carbocycles. The average molecular weight is 335 g/mol. The first-order chi connectivity index (χ1) is 11.6. The van der Waals surface area contributed by atoms with Crippen molar-refractivity contribution < 1.29 is 14.3 Å². The van der Waals surface area contributed by atoms with Crippen LogP contribution in [-0.4, -0.2) is 61.3 Å². The highest BCUT2D eigenvalue weighted by Crippen LogP contribution is 2.16. The lowest BCUT2D eigenvalue weighted by molar-refractivity contribution is 0.0124. The molecule has 0 radical (unpaired) electrons. The Morgan fingerprint density at radius 3 is 2.83 bits per heavy atom. The molecule has 1 fully saturated rings. The second kappa shape index (κ2) is 9.59. The summed E-state index contributed by atoms with van der Waals surface area (Å²) in [6.07, 6.45) is 2.68. The van der Waals surface area contributed by atoms with Gasteiger partial charge in [0.05, 0.1) is 19.8 Å². The van der Waals surface area contributed by atoms with Crippen molar-refractivity contribution in [2.75, 3.05) is 39.5 Å². The molecule has 1 unspecified atom stereocenters. The van der Waals surface area contributed by atoms with Crippen molar-refractivity contribution in [3.05, 3.63) is 23.9 Å². The third kappa shape index (κ3) is 5.46. The van der Waals surface area contributed by atoms with Crippen LogP contribution < -0.4 is 10.1 Å². The number of hydrogen-bond donors (Lipinski definition) is 1. The van der Waals surface area contributed by atoms with Crippen LogP contribution in [0.5, 0.6) is 5.88 Å². The van der Waals surface area contributed by atoms with Gasteiger partial charge in [-0.1, -0.05) is 13.8 Å². The molecule has 1 N–H and O–H groups in total. The largest absolute Gasteiger partial charge is 0.477 e. The zero-order valence-corrected chi connectivity index (χ0v) is 15.0. The highest BCUT2D eigenvalue weighted by molar-refractivity contribution is 5.96. The topological polar surface area (TPSA) is 63.7 Å². The quantitative estimate of drug-likeness (QED) is 0.787. The van der Waals surface area contributed by atoms with Gasteiger partial charge in [-0.25, -0.2) is 4.98 Å². The van der Waals surface area contributed by atoms with Crippen LogP contribution in [0.3, 0.4) is 0 Å². The predicted molar refractivity (Wildman–Crippen MR) is 93.4 cm³/mol. The minimum absolute atomic E-state index is 0.131. The van der Waals surface area contributed by atoms with E-state index in [0.717, 1.165) is 32.7 Å². The van der Waals surface area contributed by atoms with Crippen molar-refractivity contribution in [3.8, 4) is 5.88 Å². The molecule has 1 aliphatic heterocycles. The van der Waals surface area contributed by atoms with E-state index in [1.54, 1.807) is 18.3 Å². The molecular formula is C18H29N3O3. The van der Waals surface area contributed by atoms with Crippen LogP contribution in [0.15, 0.2) is 18.3 Å². The number of carbonyl (C=O) groups excluding carboxylic acids is 1. The Kier molecular flexibility index (Phi) is 7.46. The summed E-state index contributed by atoms with van der Waals surface area (Å²) < 4.78 is 10.9. The first-order valence-electron chi connectivity index (χ1n) is 8.79. The van der Waals surface area contributed by atoms with Crippen LogP contribution in [0, 0.1) is 5.92 Å². The Morgan fingerprint density at radius 2 is 2.17 bits per heavy atom. The lowest BCUT2D eigenvalue weighted by Crippen LogP contribution is -2.49. The summed E-state index contributed by atoms with van der Waals surface area (Å²) in [5, 5.41) is 3.06.